The van der Waals surface area contributed by atoms with Crippen LogP contribution in [0.5, 0.6) is 0 Å². The molecule has 1 aromatic heterocycles. The number of anilines is 1. The molecular weight excluding hydrogens is 144 g/mol. The number of nitriles is 1. The lowest BCUT2D eigenvalue weighted by Gasteiger charge is -2.10. The minimum absolute atomic E-state index is 0.334. The molecule has 5 heteroatoms. The Morgan fingerprint density at radius 1 is 1.82 bits per heavy atom. The van der Waals surface area contributed by atoms with Crippen LogP contribution in [0, 0.1) is 11.3 Å². The van der Waals surface area contributed by atoms with Crippen molar-refractivity contribution in [2.24, 2.45) is 5.84 Å². The van der Waals surface area contributed by atoms with Gasteiger partial charge in [-0.15, -0.1) is 0 Å². The molecule has 0 spiro atoms. The third-order valence-electron chi connectivity index (χ3n) is 1.13. The van der Waals surface area contributed by atoms with Crippen LogP contribution in [0.2, 0.25) is 0 Å². The van der Waals surface area contributed by atoms with E-state index in [1.54, 1.807) is 0 Å². The third-order valence-corrected chi connectivity index (χ3v) is 1.13. The van der Waals surface area contributed by atoms with Gasteiger partial charge in [-0.3, -0.25) is 5.01 Å². The van der Waals surface area contributed by atoms with Gasteiger partial charge in [0.1, 0.15) is 6.26 Å². The lowest BCUT2D eigenvalue weighted by molar-refractivity contribution is 0.537. The van der Waals surface area contributed by atoms with Crippen LogP contribution in [-0.4, -0.2) is 11.5 Å². The SMILES string of the molecule is N#CCCN(N)c1ncco1. The summed E-state index contributed by atoms with van der Waals surface area (Å²) in [5.74, 6) is 5.45. The molecule has 0 aliphatic rings. The first kappa shape index (κ1) is 7.57. The van der Waals surface area contributed by atoms with Crippen molar-refractivity contribution in [2.45, 2.75) is 6.42 Å². The minimum atomic E-state index is 0.334. The number of hydrogen-bond donors (Lipinski definition) is 1. The number of oxazole rings is 1. The molecule has 0 unspecified atom stereocenters. The molecule has 11 heavy (non-hydrogen) atoms. The minimum Gasteiger partial charge on any atom is -0.431 e. The van der Waals surface area contributed by atoms with Gasteiger partial charge in [0.2, 0.25) is 0 Å². The smallest absolute Gasteiger partial charge is 0.311 e. The average Bonchev–Trinajstić information content (AvgIpc) is 2.52. The number of aromatic nitrogens is 1. The number of nitrogens with zero attached hydrogens (tertiary/aromatic N) is 3. The Bertz CT molecular complexity index is 238. The summed E-state index contributed by atoms with van der Waals surface area (Å²) in [4.78, 5) is 3.79. The molecule has 2 N–H and O–H groups in total. The summed E-state index contributed by atoms with van der Waals surface area (Å²) in [6, 6.07) is 2.30. The van der Waals surface area contributed by atoms with Gasteiger partial charge >= 0.3 is 6.01 Å². The molecule has 0 saturated heterocycles. The summed E-state index contributed by atoms with van der Waals surface area (Å²) >= 11 is 0. The van der Waals surface area contributed by atoms with Gasteiger partial charge in [0, 0.05) is 0 Å². The molecule has 0 radical (unpaired) electrons. The van der Waals surface area contributed by atoms with Crippen molar-refractivity contribution in [1.29, 1.82) is 5.26 Å². The van der Waals surface area contributed by atoms with E-state index in [9.17, 15) is 0 Å². The molecule has 0 aliphatic carbocycles. The van der Waals surface area contributed by atoms with Gasteiger partial charge in [-0.05, 0) is 0 Å². The van der Waals surface area contributed by atoms with E-state index in [0.29, 0.717) is 19.0 Å². The van der Waals surface area contributed by atoms with E-state index in [0.717, 1.165) is 0 Å². The van der Waals surface area contributed by atoms with Gasteiger partial charge < -0.3 is 4.42 Å². The highest BCUT2D eigenvalue weighted by Crippen LogP contribution is 2.04. The first-order valence-corrected chi connectivity index (χ1v) is 3.13. The molecule has 1 aromatic rings. The molecule has 0 saturated carbocycles. The van der Waals surface area contributed by atoms with Crippen molar-refractivity contribution < 1.29 is 4.42 Å². The van der Waals surface area contributed by atoms with Crippen molar-refractivity contribution in [1.82, 2.24) is 4.98 Å². The predicted octanol–water partition coefficient (Wildman–Crippen LogP) is 0.268. The molecular formula is C6H8N4O. The Hall–Kier alpha value is -1.54. The number of hydrazine groups is 1. The normalized spacial score (nSPS) is 9.09. The molecule has 0 fully saturated rings. The molecule has 0 aromatic carbocycles. The lowest BCUT2D eigenvalue weighted by atomic mass is 10.5. The molecule has 58 valence electrons. The molecule has 0 atom stereocenters. The van der Waals surface area contributed by atoms with Crippen molar-refractivity contribution in [2.75, 3.05) is 11.6 Å². The molecule has 5 nitrogen and oxygen atoms in total. The second-order valence-corrected chi connectivity index (χ2v) is 1.92. The van der Waals surface area contributed by atoms with Crippen molar-refractivity contribution in [3.8, 4) is 6.07 Å². The molecule has 1 heterocycles. The summed E-state index contributed by atoms with van der Waals surface area (Å²) in [6.45, 7) is 0.428. The fraction of sp³-hybridized carbons (Fsp3) is 0.333. The standard InChI is InChI=1S/C6H8N4O/c7-2-1-4-10(8)6-9-3-5-11-6/h3,5H,1,4,8H2. The van der Waals surface area contributed by atoms with Gasteiger partial charge in [-0.1, -0.05) is 0 Å². The summed E-state index contributed by atoms with van der Waals surface area (Å²) < 4.78 is 4.87. The highest BCUT2D eigenvalue weighted by molar-refractivity contribution is 5.20. The van der Waals surface area contributed by atoms with E-state index in [1.165, 1.54) is 17.5 Å². The second-order valence-electron chi connectivity index (χ2n) is 1.92. The van der Waals surface area contributed by atoms with Gasteiger partial charge in [0.05, 0.1) is 25.2 Å². The summed E-state index contributed by atoms with van der Waals surface area (Å²) in [6.07, 6.45) is 3.29. The van der Waals surface area contributed by atoms with Gasteiger partial charge in [-0.25, -0.2) is 10.8 Å². The molecule has 1 rings (SSSR count). The first-order valence-electron chi connectivity index (χ1n) is 3.13. The summed E-state index contributed by atoms with van der Waals surface area (Å²) in [7, 11) is 0. The van der Waals surface area contributed by atoms with Gasteiger partial charge in [-0.2, -0.15) is 5.26 Å². The van der Waals surface area contributed by atoms with Crippen LogP contribution in [0.4, 0.5) is 6.01 Å². The van der Waals surface area contributed by atoms with Gasteiger partial charge in [0.15, 0.2) is 0 Å². The van der Waals surface area contributed by atoms with Crippen LogP contribution >= 0.6 is 0 Å². The highest BCUT2D eigenvalue weighted by atomic mass is 16.4. The van der Waals surface area contributed by atoms with Crippen LogP contribution < -0.4 is 10.9 Å². The van der Waals surface area contributed by atoms with Gasteiger partial charge in [0.25, 0.3) is 0 Å². The zero-order valence-corrected chi connectivity index (χ0v) is 5.90. The number of nitrogens with two attached hydrogens (primary N) is 1. The highest BCUT2D eigenvalue weighted by Gasteiger charge is 2.03. The molecule has 0 amide bonds. The zero-order valence-electron chi connectivity index (χ0n) is 5.90. The second kappa shape index (κ2) is 3.58. The molecule has 0 bridgehead atoms. The fourth-order valence-corrected chi connectivity index (χ4v) is 0.624. The summed E-state index contributed by atoms with van der Waals surface area (Å²) in [5.41, 5.74) is 0. The maximum Gasteiger partial charge on any atom is 0.311 e. The Labute approximate surface area is 64.0 Å². The lowest BCUT2D eigenvalue weighted by Crippen LogP contribution is -2.31. The average molecular weight is 152 g/mol. The monoisotopic (exact) mass is 152 g/mol. The maximum absolute atomic E-state index is 8.23. The predicted molar refractivity (Wildman–Crippen MR) is 38.3 cm³/mol. The van der Waals surface area contributed by atoms with Crippen molar-refractivity contribution >= 4 is 6.01 Å². The van der Waals surface area contributed by atoms with Crippen molar-refractivity contribution in [3.63, 3.8) is 0 Å². The Kier molecular flexibility index (Phi) is 2.47. The molecule has 0 aliphatic heterocycles. The van der Waals surface area contributed by atoms with Crippen LogP contribution in [0.15, 0.2) is 16.9 Å². The summed E-state index contributed by atoms with van der Waals surface area (Å²) in [5, 5.41) is 9.52. The number of rotatable bonds is 3. The van der Waals surface area contributed by atoms with E-state index in [-0.39, 0.29) is 0 Å². The Balaban J connectivity index is 2.44. The van der Waals surface area contributed by atoms with Crippen LogP contribution in [0.25, 0.3) is 0 Å². The topological polar surface area (TPSA) is 79.1 Å². The van der Waals surface area contributed by atoms with E-state index >= 15 is 0 Å². The first-order chi connectivity index (χ1) is 5.34. The third kappa shape index (κ3) is 1.95. The van der Waals surface area contributed by atoms with E-state index in [2.05, 4.69) is 4.98 Å². The number of hydrogen-bond acceptors (Lipinski definition) is 5. The van der Waals surface area contributed by atoms with Crippen LogP contribution in [-0.2, 0) is 0 Å². The van der Waals surface area contributed by atoms with Crippen LogP contribution in [0.3, 0.4) is 0 Å². The Morgan fingerprint density at radius 3 is 3.18 bits per heavy atom. The van der Waals surface area contributed by atoms with Crippen LogP contribution in [0.1, 0.15) is 6.42 Å². The quantitative estimate of drug-likeness (QED) is 0.496. The maximum atomic E-state index is 8.23. The zero-order chi connectivity index (χ0) is 8.10. The van der Waals surface area contributed by atoms with Crippen molar-refractivity contribution in [3.05, 3.63) is 12.5 Å². The Morgan fingerprint density at radius 2 is 2.64 bits per heavy atom. The fourth-order valence-electron chi connectivity index (χ4n) is 0.624. The van der Waals surface area contributed by atoms with E-state index in [1.807, 2.05) is 6.07 Å². The largest absolute Gasteiger partial charge is 0.431 e. The van der Waals surface area contributed by atoms with E-state index < -0.39 is 0 Å². The van der Waals surface area contributed by atoms with E-state index in [4.69, 9.17) is 15.5 Å².